The first-order valence-electron chi connectivity index (χ1n) is 11.0. The van der Waals surface area contributed by atoms with E-state index in [2.05, 4.69) is 20.8 Å². The molecular weight excluding hydrogens is 404 g/mol. The third-order valence-electron chi connectivity index (χ3n) is 5.75. The smallest absolute Gasteiger partial charge is 0.251 e. The number of carbonyl (C=O) groups is 2. The Balaban J connectivity index is 1.54. The molecule has 1 aliphatic heterocycles. The molecule has 1 aliphatic rings. The number of rotatable bonds is 6. The highest BCUT2D eigenvalue weighted by Gasteiger charge is 2.20. The van der Waals surface area contributed by atoms with Crippen molar-refractivity contribution in [3.8, 4) is 16.8 Å². The van der Waals surface area contributed by atoms with Crippen molar-refractivity contribution in [3.05, 3.63) is 59.9 Å². The van der Waals surface area contributed by atoms with E-state index in [4.69, 9.17) is 0 Å². The van der Waals surface area contributed by atoms with Crippen LogP contribution in [0.15, 0.2) is 48.8 Å². The lowest BCUT2D eigenvalue weighted by atomic mass is 10.0. The van der Waals surface area contributed by atoms with E-state index in [0.29, 0.717) is 17.7 Å². The maximum atomic E-state index is 13.1. The van der Waals surface area contributed by atoms with Gasteiger partial charge in [0.05, 0.1) is 5.69 Å². The fourth-order valence-corrected chi connectivity index (χ4v) is 3.96. The molecule has 1 atom stereocenters. The molecule has 2 amide bonds. The minimum Gasteiger partial charge on any atom is -0.349 e. The van der Waals surface area contributed by atoms with Crippen LogP contribution in [0.25, 0.3) is 16.8 Å². The van der Waals surface area contributed by atoms with Gasteiger partial charge in [-0.05, 0) is 72.9 Å². The van der Waals surface area contributed by atoms with Gasteiger partial charge >= 0.3 is 0 Å². The van der Waals surface area contributed by atoms with Crippen molar-refractivity contribution in [2.75, 3.05) is 13.1 Å². The van der Waals surface area contributed by atoms with E-state index in [0.717, 1.165) is 42.6 Å². The minimum absolute atomic E-state index is 0.0975. The molecular formula is C24H28N6O2. The van der Waals surface area contributed by atoms with Crippen molar-refractivity contribution in [1.29, 1.82) is 0 Å². The monoisotopic (exact) mass is 432 g/mol. The molecule has 0 aliphatic carbocycles. The first kappa shape index (κ1) is 21.7. The average Bonchev–Trinajstić information content (AvgIpc) is 3.35. The summed E-state index contributed by atoms with van der Waals surface area (Å²) in [7, 11) is 0. The van der Waals surface area contributed by atoms with Gasteiger partial charge in [0.1, 0.15) is 6.33 Å². The standard InChI is InChI=1S/C24H28N6O2/c1-17-6-8-19(9-7-17)20-13-21(15-22(14-20)30-16-25-27-28-30)24(32)26-18(2)12-23(31)29-10-4-3-5-11-29/h6-9,13-16,18H,3-5,10-12H2,1-2H3,(H,26,32). The largest absolute Gasteiger partial charge is 0.349 e. The molecule has 1 fully saturated rings. The van der Waals surface area contributed by atoms with E-state index >= 15 is 0 Å². The molecule has 0 radical (unpaired) electrons. The summed E-state index contributed by atoms with van der Waals surface area (Å²) in [6.45, 7) is 5.53. The number of tetrazole rings is 1. The van der Waals surface area contributed by atoms with Gasteiger partial charge in [-0.1, -0.05) is 29.8 Å². The molecule has 0 bridgehead atoms. The molecule has 4 rings (SSSR count). The van der Waals surface area contributed by atoms with Gasteiger partial charge in [-0.25, -0.2) is 4.68 Å². The van der Waals surface area contributed by atoms with Crippen molar-refractivity contribution in [2.24, 2.45) is 0 Å². The van der Waals surface area contributed by atoms with Crippen LogP contribution in [0.1, 0.15) is 48.5 Å². The number of aromatic nitrogens is 4. The van der Waals surface area contributed by atoms with Crippen LogP contribution in [0.4, 0.5) is 0 Å². The van der Waals surface area contributed by atoms with Gasteiger partial charge in [0.15, 0.2) is 0 Å². The highest BCUT2D eigenvalue weighted by molar-refractivity contribution is 5.96. The lowest BCUT2D eigenvalue weighted by Gasteiger charge is -2.28. The van der Waals surface area contributed by atoms with Gasteiger partial charge in [-0.15, -0.1) is 5.10 Å². The van der Waals surface area contributed by atoms with E-state index in [-0.39, 0.29) is 17.9 Å². The van der Waals surface area contributed by atoms with Crippen LogP contribution in [-0.2, 0) is 4.79 Å². The predicted octanol–water partition coefficient (Wildman–Crippen LogP) is 3.16. The molecule has 1 aromatic heterocycles. The Morgan fingerprint density at radius 2 is 1.78 bits per heavy atom. The number of nitrogens with one attached hydrogen (secondary N) is 1. The Labute approximate surface area is 187 Å². The van der Waals surface area contributed by atoms with Gasteiger partial charge in [0.2, 0.25) is 5.91 Å². The van der Waals surface area contributed by atoms with E-state index in [1.807, 2.05) is 55.1 Å². The van der Waals surface area contributed by atoms with Gasteiger partial charge < -0.3 is 10.2 Å². The summed E-state index contributed by atoms with van der Waals surface area (Å²) in [6.07, 6.45) is 5.08. The Hall–Kier alpha value is -3.55. The van der Waals surface area contributed by atoms with Crippen LogP contribution < -0.4 is 5.32 Å². The second-order valence-corrected chi connectivity index (χ2v) is 8.41. The zero-order chi connectivity index (χ0) is 22.5. The van der Waals surface area contributed by atoms with Crippen molar-refractivity contribution in [3.63, 3.8) is 0 Å². The molecule has 166 valence electrons. The minimum atomic E-state index is -0.267. The number of aryl methyl sites for hydroxylation is 1. The van der Waals surface area contributed by atoms with Gasteiger partial charge in [-0.3, -0.25) is 9.59 Å². The number of carbonyl (C=O) groups excluding carboxylic acids is 2. The summed E-state index contributed by atoms with van der Waals surface area (Å²) < 4.78 is 1.53. The molecule has 8 heteroatoms. The van der Waals surface area contributed by atoms with Crippen LogP contribution in [0, 0.1) is 6.92 Å². The molecule has 2 aromatic carbocycles. The predicted molar refractivity (Wildman–Crippen MR) is 121 cm³/mol. The zero-order valence-electron chi connectivity index (χ0n) is 18.5. The number of hydrogen-bond donors (Lipinski definition) is 1. The topological polar surface area (TPSA) is 93.0 Å². The Morgan fingerprint density at radius 1 is 1.03 bits per heavy atom. The first-order valence-corrected chi connectivity index (χ1v) is 11.0. The maximum Gasteiger partial charge on any atom is 0.251 e. The number of likely N-dealkylation sites (tertiary alicyclic amines) is 1. The highest BCUT2D eigenvalue weighted by Crippen LogP contribution is 2.25. The van der Waals surface area contributed by atoms with Crippen LogP contribution in [0.3, 0.4) is 0 Å². The quantitative estimate of drug-likeness (QED) is 0.646. The first-order chi connectivity index (χ1) is 15.5. The molecule has 1 saturated heterocycles. The summed E-state index contributed by atoms with van der Waals surface area (Å²) in [4.78, 5) is 27.5. The molecule has 0 spiro atoms. The van der Waals surface area contributed by atoms with E-state index in [9.17, 15) is 9.59 Å². The number of amides is 2. The molecule has 1 unspecified atom stereocenters. The summed E-state index contributed by atoms with van der Waals surface area (Å²) in [5.41, 5.74) is 4.23. The van der Waals surface area contributed by atoms with Gasteiger partial charge in [-0.2, -0.15) is 0 Å². The summed E-state index contributed by atoms with van der Waals surface area (Å²) in [5.74, 6) is -0.132. The van der Waals surface area contributed by atoms with Crippen LogP contribution in [0.2, 0.25) is 0 Å². The number of nitrogens with zero attached hydrogens (tertiary/aromatic N) is 5. The normalized spacial score (nSPS) is 14.8. The van der Waals surface area contributed by atoms with Gasteiger partial charge in [0, 0.05) is 31.1 Å². The molecule has 3 aromatic rings. The van der Waals surface area contributed by atoms with Gasteiger partial charge in [0.25, 0.3) is 5.91 Å². The van der Waals surface area contributed by atoms with E-state index in [1.54, 1.807) is 6.07 Å². The van der Waals surface area contributed by atoms with Crippen LogP contribution in [-0.4, -0.2) is 56.1 Å². The summed E-state index contributed by atoms with van der Waals surface area (Å²) >= 11 is 0. The third-order valence-corrected chi connectivity index (χ3v) is 5.75. The molecule has 0 saturated carbocycles. The Bertz CT molecular complexity index is 1070. The number of hydrogen-bond acceptors (Lipinski definition) is 5. The lowest BCUT2D eigenvalue weighted by molar-refractivity contribution is -0.132. The van der Waals surface area contributed by atoms with Crippen molar-refractivity contribution in [1.82, 2.24) is 30.4 Å². The second-order valence-electron chi connectivity index (χ2n) is 8.41. The second kappa shape index (κ2) is 9.72. The average molecular weight is 433 g/mol. The van der Waals surface area contributed by atoms with E-state index < -0.39 is 0 Å². The van der Waals surface area contributed by atoms with Crippen LogP contribution in [0.5, 0.6) is 0 Å². The fourth-order valence-electron chi connectivity index (χ4n) is 3.96. The SMILES string of the molecule is Cc1ccc(-c2cc(C(=O)NC(C)CC(=O)N3CCCCC3)cc(-n3cnnn3)c2)cc1. The summed E-state index contributed by atoms with van der Waals surface area (Å²) in [6, 6.07) is 13.4. The van der Waals surface area contributed by atoms with E-state index in [1.165, 1.54) is 17.4 Å². The fraction of sp³-hybridized carbons (Fsp3) is 0.375. The summed E-state index contributed by atoms with van der Waals surface area (Å²) in [5, 5.41) is 14.3. The molecule has 8 nitrogen and oxygen atoms in total. The maximum absolute atomic E-state index is 13.1. The molecule has 1 N–H and O–H groups in total. The lowest BCUT2D eigenvalue weighted by Crippen LogP contribution is -2.41. The number of piperidine rings is 1. The van der Waals surface area contributed by atoms with Crippen molar-refractivity contribution in [2.45, 2.75) is 45.6 Å². The number of benzene rings is 2. The Morgan fingerprint density at radius 3 is 2.47 bits per heavy atom. The van der Waals surface area contributed by atoms with Crippen LogP contribution >= 0.6 is 0 Å². The molecule has 2 heterocycles. The third kappa shape index (κ3) is 5.19. The Kier molecular flexibility index (Phi) is 6.58. The van der Waals surface area contributed by atoms with Crippen molar-refractivity contribution >= 4 is 11.8 Å². The highest BCUT2D eigenvalue weighted by atomic mass is 16.2. The zero-order valence-corrected chi connectivity index (χ0v) is 18.5. The molecule has 32 heavy (non-hydrogen) atoms. The van der Waals surface area contributed by atoms with Crippen molar-refractivity contribution < 1.29 is 9.59 Å².